The fourth-order valence-corrected chi connectivity index (χ4v) is 0.797. The standard InChI is InChI=1S/C4H12NO4P/c5-3-1-2-4(6,7)10(8)9/h6-9H,1-3,5H2. The number of aliphatic hydroxyl groups is 2. The maximum Gasteiger partial charge on any atom is 0.234 e. The van der Waals surface area contributed by atoms with Crippen molar-refractivity contribution in [2.24, 2.45) is 5.73 Å². The second-order valence-corrected chi connectivity index (χ2v) is 3.25. The van der Waals surface area contributed by atoms with Gasteiger partial charge in [-0.05, 0) is 13.0 Å². The Morgan fingerprint density at radius 3 is 2.10 bits per heavy atom. The number of rotatable bonds is 4. The first-order chi connectivity index (χ1) is 4.50. The van der Waals surface area contributed by atoms with Gasteiger partial charge in [0.15, 0.2) is 0 Å². The van der Waals surface area contributed by atoms with E-state index in [4.69, 9.17) is 25.7 Å². The third kappa shape index (κ3) is 3.41. The van der Waals surface area contributed by atoms with Crippen molar-refractivity contribution in [3.05, 3.63) is 0 Å². The molecule has 0 radical (unpaired) electrons. The van der Waals surface area contributed by atoms with Gasteiger partial charge in [0.1, 0.15) is 0 Å². The van der Waals surface area contributed by atoms with E-state index in [1.807, 2.05) is 0 Å². The second kappa shape index (κ2) is 4.18. The highest BCUT2D eigenvalue weighted by Gasteiger charge is 2.31. The summed E-state index contributed by atoms with van der Waals surface area (Å²) in [6.07, 6.45) is 0.245. The average Bonchev–Trinajstić information content (AvgIpc) is 1.84. The third-order valence-corrected chi connectivity index (χ3v) is 1.90. The lowest BCUT2D eigenvalue weighted by molar-refractivity contribution is -0.101. The SMILES string of the molecule is NCCCC(O)(O)P(O)O. The Kier molecular flexibility index (Phi) is 4.28. The van der Waals surface area contributed by atoms with Crippen LogP contribution in [0.25, 0.3) is 0 Å². The van der Waals surface area contributed by atoms with Crippen LogP contribution in [-0.4, -0.2) is 32.1 Å². The molecule has 0 aromatic carbocycles. The predicted octanol–water partition coefficient (Wildman–Crippen LogP) is -1.34. The molecular formula is C4H12NO4P. The molecule has 0 fully saturated rings. The van der Waals surface area contributed by atoms with Crippen LogP contribution in [0.15, 0.2) is 0 Å². The predicted molar refractivity (Wildman–Crippen MR) is 36.8 cm³/mol. The third-order valence-electron chi connectivity index (χ3n) is 1.04. The summed E-state index contributed by atoms with van der Waals surface area (Å²) in [6, 6.07) is 0. The van der Waals surface area contributed by atoms with E-state index < -0.39 is 13.9 Å². The van der Waals surface area contributed by atoms with Crippen LogP contribution in [0.4, 0.5) is 0 Å². The molecule has 0 rings (SSSR count). The van der Waals surface area contributed by atoms with E-state index in [0.29, 0.717) is 13.0 Å². The van der Waals surface area contributed by atoms with Gasteiger partial charge in [0, 0.05) is 6.42 Å². The zero-order chi connectivity index (χ0) is 8.20. The Hall–Kier alpha value is 0.230. The van der Waals surface area contributed by atoms with Gasteiger partial charge in [0.2, 0.25) is 13.9 Å². The van der Waals surface area contributed by atoms with E-state index in [2.05, 4.69) is 0 Å². The molecule has 0 unspecified atom stereocenters. The minimum atomic E-state index is -2.70. The molecule has 0 aliphatic heterocycles. The topological polar surface area (TPSA) is 107 Å². The van der Waals surface area contributed by atoms with Gasteiger partial charge >= 0.3 is 0 Å². The molecule has 6 N–H and O–H groups in total. The van der Waals surface area contributed by atoms with Gasteiger partial charge in [0.05, 0.1) is 0 Å². The minimum Gasteiger partial charge on any atom is -0.359 e. The van der Waals surface area contributed by atoms with Gasteiger partial charge < -0.3 is 25.7 Å². The minimum absolute atomic E-state index is 0.109. The molecule has 0 heterocycles. The van der Waals surface area contributed by atoms with Crippen LogP contribution < -0.4 is 5.73 Å². The fraction of sp³-hybridized carbons (Fsp3) is 1.00. The molecule has 0 spiro atoms. The van der Waals surface area contributed by atoms with Crippen molar-refractivity contribution in [3.63, 3.8) is 0 Å². The van der Waals surface area contributed by atoms with Crippen LogP contribution >= 0.6 is 8.38 Å². The average molecular weight is 169 g/mol. The quantitative estimate of drug-likeness (QED) is 0.264. The fourth-order valence-electron chi connectivity index (χ4n) is 0.439. The number of nitrogens with two attached hydrogens (primary N) is 1. The molecule has 0 aromatic rings. The van der Waals surface area contributed by atoms with Crippen molar-refractivity contribution < 1.29 is 20.0 Å². The summed E-state index contributed by atoms with van der Waals surface area (Å²) in [5.74, 6) is 0. The lowest BCUT2D eigenvalue weighted by atomic mass is 10.3. The summed E-state index contributed by atoms with van der Waals surface area (Å²) in [7, 11) is -2.70. The summed E-state index contributed by atoms with van der Waals surface area (Å²) < 4.78 is 0. The summed E-state index contributed by atoms with van der Waals surface area (Å²) in [6.45, 7) is 0.298. The van der Waals surface area contributed by atoms with E-state index >= 15 is 0 Å². The first kappa shape index (κ1) is 10.2. The zero-order valence-electron chi connectivity index (χ0n) is 5.43. The highest BCUT2D eigenvalue weighted by Crippen LogP contribution is 2.40. The lowest BCUT2D eigenvalue weighted by Gasteiger charge is -2.21. The Morgan fingerprint density at radius 1 is 1.30 bits per heavy atom. The number of hydrogen-bond donors (Lipinski definition) is 5. The van der Waals surface area contributed by atoms with Crippen LogP contribution in [0.2, 0.25) is 0 Å². The van der Waals surface area contributed by atoms with Crippen LogP contribution in [-0.2, 0) is 0 Å². The maximum atomic E-state index is 8.75. The Morgan fingerprint density at radius 2 is 1.80 bits per heavy atom. The van der Waals surface area contributed by atoms with Crippen LogP contribution in [0.5, 0.6) is 0 Å². The molecule has 5 nitrogen and oxygen atoms in total. The first-order valence-corrected chi connectivity index (χ1v) is 4.08. The van der Waals surface area contributed by atoms with Crippen molar-refractivity contribution in [2.45, 2.75) is 18.4 Å². The first-order valence-electron chi connectivity index (χ1n) is 2.83. The lowest BCUT2D eigenvalue weighted by Crippen LogP contribution is -2.26. The van der Waals surface area contributed by atoms with Gasteiger partial charge in [-0.15, -0.1) is 0 Å². The summed E-state index contributed by atoms with van der Waals surface area (Å²) in [4.78, 5) is 16.8. The molecule has 6 heteroatoms. The van der Waals surface area contributed by atoms with Crippen molar-refractivity contribution in [2.75, 3.05) is 6.54 Å². The molecule has 0 atom stereocenters. The van der Waals surface area contributed by atoms with Gasteiger partial charge in [0.25, 0.3) is 0 Å². The van der Waals surface area contributed by atoms with Crippen molar-refractivity contribution in [3.8, 4) is 0 Å². The Labute approximate surface area is 60.0 Å². The van der Waals surface area contributed by atoms with Gasteiger partial charge in [-0.3, -0.25) is 0 Å². The monoisotopic (exact) mass is 169 g/mol. The number of hydrogen-bond acceptors (Lipinski definition) is 5. The van der Waals surface area contributed by atoms with Crippen LogP contribution in [0.1, 0.15) is 12.8 Å². The van der Waals surface area contributed by atoms with Gasteiger partial charge in [-0.25, -0.2) is 0 Å². The summed E-state index contributed by atoms with van der Waals surface area (Å²) in [5.41, 5.74) is 2.71. The second-order valence-electron chi connectivity index (χ2n) is 1.96. The van der Waals surface area contributed by atoms with E-state index in [0.717, 1.165) is 0 Å². The molecule has 0 aliphatic carbocycles. The summed E-state index contributed by atoms with van der Waals surface area (Å²) >= 11 is 0. The molecular weight excluding hydrogens is 157 g/mol. The van der Waals surface area contributed by atoms with Gasteiger partial charge in [-0.1, -0.05) is 0 Å². The zero-order valence-corrected chi connectivity index (χ0v) is 6.33. The molecule has 62 valence electrons. The smallest absolute Gasteiger partial charge is 0.234 e. The molecule has 0 amide bonds. The van der Waals surface area contributed by atoms with E-state index in [1.54, 1.807) is 0 Å². The van der Waals surface area contributed by atoms with Crippen LogP contribution in [0.3, 0.4) is 0 Å². The summed E-state index contributed by atoms with van der Waals surface area (Å²) in [5, 5.41) is 17.5. The molecule has 0 saturated carbocycles. The maximum absolute atomic E-state index is 8.75. The normalized spacial score (nSPS) is 12.6. The van der Waals surface area contributed by atoms with Gasteiger partial charge in [-0.2, -0.15) is 0 Å². The highest BCUT2D eigenvalue weighted by molar-refractivity contribution is 7.46. The molecule has 0 bridgehead atoms. The Bertz CT molecular complexity index is 97.3. The van der Waals surface area contributed by atoms with Crippen molar-refractivity contribution in [1.29, 1.82) is 0 Å². The molecule has 10 heavy (non-hydrogen) atoms. The molecule has 0 saturated heterocycles. The van der Waals surface area contributed by atoms with Crippen molar-refractivity contribution >= 4 is 8.38 Å². The highest BCUT2D eigenvalue weighted by atomic mass is 31.2. The Balaban J connectivity index is 3.63. The molecule has 0 aromatic heterocycles. The largest absolute Gasteiger partial charge is 0.359 e. The van der Waals surface area contributed by atoms with E-state index in [1.165, 1.54) is 0 Å². The molecule has 0 aliphatic rings. The van der Waals surface area contributed by atoms with E-state index in [-0.39, 0.29) is 6.42 Å². The van der Waals surface area contributed by atoms with Crippen molar-refractivity contribution in [1.82, 2.24) is 0 Å². The van der Waals surface area contributed by atoms with E-state index in [9.17, 15) is 0 Å². The van der Waals surface area contributed by atoms with Crippen LogP contribution in [0, 0.1) is 0 Å².